The van der Waals surface area contributed by atoms with E-state index in [1.165, 1.54) is 37.4 Å². The van der Waals surface area contributed by atoms with E-state index in [9.17, 15) is 13.2 Å². The van der Waals surface area contributed by atoms with Crippen LogP contribution in [0.5, 0.6) is 5.75 Å². The van der Waals surface area contributed by atoms with Gasteiger partial charge in [-0.2, -0.15) is 5.10 Å². The molecule has 10 heteroatoms. The van der Waals surface area contributed by atoms with Gasteiger partial charge in [-0.1, -0.05) is 24.6 Å². The predicted molar refractivity (Wildman–Crippen MR) is 135 cm³/mol. The molecule has 0 saturated heterocycles. The van der Waals surface area contributed by atoms with Crippen LogP contribution in [0, 0.1) is 19.7 Å². The quantitative estimate of drug-likeness (QED) is 0.364. The van der Waals surface area contributed by atoms with E-state index < -0.39 is 15.8 Å². The van der Waals surface area contributed by atoms with Gasteiger partial charge in [-0.15, -0.1) is 0 Å². The molecule has 0 spiro atoms. The van der Waals surface area contributed by atoms with E-state index in [-0.39, 0.29) is 34.6 Å². The van der Waals surface area contributed by atoms with Crippen LogP contribution < -0.4 is 10.1 Å². The number of ether oxygens (including phenoxy) is 1. The van der Waals surface area contributed by atoms with E-state index >= 15 is 4.39 Å². The maximum atomic E-state index is 15.1. The van der Waals surface area contributed by atoms with Crippen LogP contribution in [0.1, 0.15) is 36.6 Å². The first-order valence-corrected chi connectivity index (χ1v) is 13.0. The van der Waals surface area contributed by atoms with Crippen molar-refractivity contribution in [3.8, 4) is 5.75 Å². The van der Waals surface area contributed by atoms with Gasteiger partial charge in [-0.25, -0.2) is 16.8 Å². The summed E-state index contributed by atoms with van der Waals surface area (Å²) in [5, 5.41) is 7.59. The van der Waals surface area contributed by atoms with Crippen molar-refractivity contribution in [1.29, 1.82) is 0 Å². The highest BCUT2D eigenvalue weighted by Gasteiger charge is 2.25. The fourth-order valence-corrected chi connectivity index (χ4v) is 5.36. The molecule has 8 nitrogen and oxygen atoms in total. The average Bonchev–Trinajstić information content (AvgIpc) is 3.41. The number of benzene rings is 2. The van der Waals surface area contributed by atoms with Gasteiger partial charge >= 0.3 is 0 Å². The SMILES string of the molecule is CC(=O)NC[C@H](C)c1cn(S(=O)(=O)c2ccc(C)cc2)c2cc(F)c(OCCn3ccc(C)n3)cc12. The molecule has 190 valence electrons. The monoisotopic (exact) mass is 512 g/mol. The molecule has 0 saturated carbocycles. The minimum absolute atomic E-state index is 0.0184. The molecule has 0 radical (unpaired) electrons. The van der Waals surface area contributed by atoms with Gasteiger partial charge in [-0.05, 0) is 43.7 Å². The van der Waals surface area contributed by atoms with Crippen molar-refractivity contribution in [1.82, 2.24) is 19.1 Å². The van der Waals surface area contributed by atoms with Crippen molar-refractivity contribution in [2.45, 2.75) is 45.1 Å². The van der Waals surface area contributed by atoms with Crippen molar-refractivity contribution in [2.24, 2.45) is 0 Å². The second kappa shape index (κ2) is 10.1. The molecule has 0 unspecified atom stereocenters. The summed E-state index contributed by atoms with van der Waals surface area (Å²) in [5.41, 5.74) is 2.65. The number of carbonyl (C=O) groups excluding carboxylic acids is 1. The molecule has 0 aliphatic rings. The highest BCUT2D eigenvalue weighted by molar-refractivity contribution is 7.90. The first-order valence-electron chi connectivity index (χ1n) is 11.6. The Labute approximate surface area is 209 Å². The summed E-state index contributed by atoms with van der Waals surface area (Å²) < 4.78 is 50.7. The third-order valence-corrected chi connectivity index (χ3v) is 7.66. The zero-order valence-corrected chi connectivity index (χ0v) is 21.5. The van der Waals surface area contributed by atoms with Gasteiger partial charge in [0.1, 0.15) is 6.61 Å². The van der Waals surface area contributed by atoms with Crippen molar-refractivity contribution >= 4 is 26.8 Å². The molecule has 4 aromatic rings. The Morgan fingerprint density at radius 3 is 2.53 bits per heavy atom. The summed E-state index contributed by atoms with van der Waals surface area (Å²) in [6.45, 7) is 7.95. The molecule has 36 heavy (non-hydrogen) atoms. The van der Waals surface area contributed by atoms with Gasteiger partial charge in [0.05, 0.1) is 22.7 Å². The van der Waals surface area contributed by atoms with Gasteiger partial charge in [0.15, 0.2) is 11.6 Å². The maximum absolute atomic E-state index is 15.1. The minimum atomic E-state index is -4.00. The van der Waals surface area contributed by atoms with Crippen LogP contribution in [0.25, 0.3) is 10.9 Å². The van der Waals surface area contributed by atoms with Crippen LogP contribution in [-0.4, -0.2) is 41.2 Å². The predicted octanol–water partition coefficient (Wildman–Crippen LogP) is 4.15. The Morgan fingerprint density at radius 2 is 1.89 bits per heavy atom. The Bertz CT molecular complexity index is 1510. The van der Waals surface area contributed by atoms with Gasteiger partial charge in [-0.3, -0.25) is 9.48 Å². The zero-order chi connectivity index (χ0) is 26.0. The molecule has 2 aromatic heterocycles. The number of aromatic nitrogens is 3. The molecule has 1 N–H and O–H groups in total. The maximum Gasteiger partial charge on any atom is 0.268 e. The summed E-state index contributed by atoms with van der Waals surface area (Å²) in [4.78, 5) is 11.6. The highest BCUT2D eigenvalue weighted by atomic mass is 32.2. The number of carbonyl (C=O) groups is 1. The van der Waals surface area contributed by atoms with Crippen LogP contribution >= 0.6 is 0 Å². The summed E-state index contributed by atoms with van der Waals surface area (Å²) in [5.74, 6) is -1.08. The molecule has 2 aromatic carbocycles. The van der Waals surface area contributed by atoms with Crippen LogP contribution in [0.4, 0.5) is 4.39 Å². The Kier molecular flexibility index (Phi) is 7.16. The second-order valence-corrected chi connectivity index (χ2v) is 10.7. The molecule has 4 rings (SSSR count). The van der Waals surface area contributed by atoms with E-state index in [0.717, 1.165) is 15.2 Å². The third-order valence-electron chi connectivity index (χ3n) is 5.97. The molecule has 1 atom stereocenters. The van der Waals surface area contributed by atoms with Gasteiger partial charge in [0, 0.05) is 43.2 Å². The first-order chi connectivity index (χ1) is 17.1. The normalized spacial score (nSPS) is 12.6. The Hall–Kier alpha value is -3.66. The Morgan fingerprint density at radius 1 is 1.17 bits per heavy atom. The molecule has 0 bridgehead atoms. The molecule has 2 heterocycles. The number of halogens is 1. The zero-order valence-electron chi connectivity index (χ0n) is 20.7. The van der Waals surface area contributed by atoms with E-state index in [2.05, 4.69) is 10.4 Å². The lowest BCUT2D eigenvalue weighted by atomic mass is 10.0. The average molecular weight is 513 g/mol. The lowest BCUT2D eigenvalue weighted by Gasteiger charge is -2.12. The van der Waals surface area contributed by atoms with Crippen molar-refractivity contribution in [3.63, 3.8) is 0 Å². The van der Waals surface area contributed by atoms with Crippen LogP contribution in [0.15, 0.2) is 59.8 Å². The molecule has 0 aliphatic heterocycles. The standard InChI is InChI=1S/C26H29FN4O4S/c1-17-5-7-21(8-6-17)36(33,34)31-16-23(18(2)15-28-20(4)32)22-13-26(24(27)14-25(22)31)35-12-11-30-10-9-19(3)29-30/h5-10,13-14,16,18H,11-12,15H2,1-4H3,(H,28,32)/t18-/m0/s1. The van der Waals surface area contributed by atoms with Gasteiger partial charge in [0.25, 0.3) is 10.0 Å². The number of amides is 1. The Balaban J connectivity index is 1.75. The van der Waals surface area contributed by atoms with E-state index in [0.29, 0.717) is 24.0 Å². The number of rotatable bonds is 9. The van der Waals surface area contributed by atoms with E-state index in [4.69, 9.17) is 4.74 Å². The molecule has 0 fully saturated rings. The number of fused-ring (bicyclic) bond motifs is 1. The lowest BCUT2D eigenvalue weighted by molar-refractivity contribution is -0.119. The fourth-order valence-electron chi connectivity index (χ4n) is 3.99. The number of nitrogens with one attached hydrogen (secondary N) is 1. The number of aryl methyl sites for hydroxylation is 2. The molecule has 1 amide bonds. The topological polar surface area (TPSA) is 95.2 Å². The van der Waals surface area contributed by atoms with E-state index in [1.54, 1.807) is 16.8 Å². The summed E-state index contributed by atoms with van der Waals surface area (Å²) >= 11 is 0. The summed E-state index contributed by atoms with van der Waals surface area (Å²) in [6.07, 6.45) is 3.32. The smallest absolute Gasteiger partial charge is 0.268 e. The number of hydrogen-bond acceptors (Lipinski definition) is 5. The fraction of sp³-hybridized carbons (Fsp3) is 0.308. The van der Waals surface area contributed by atoms with Gasteiger partial charge < -0.3 is 10.1 Å². The number of hydrogen-bond donors (Lipinski definition) is 1. The first kappa shape index (κ1) is 25.4. The van der Waals surface area contributed by atoms with Crippen LogP contribution in [-0.2, 0) is 21.4 Å². The summed E-state index contributed by atoms with van der Waals surface area (Å²) in [6, 6.07) is 11.1. The summed E-state index contributed by atoms with van der Waals surface area (Å²) in [7, 11) is -4.00. The number of nitrogens with zero attached hydrogens (tertiary/aromatic N) is 3. The molecular formula is C26H29FN4O4S. The largest absolute Gasteiger partial charge is 0.489 e. The van der Waals surface area contributed by atoms with Crippen LogP contribution in [0.2, 0.25) is 0 Å². The van der Waals surface area contributed by atoms with Crippen molar-refractivity contribution in [2.75, 3.05) is 13.2 Å². The molecular weight excluding hydrogens is 483 g/mol. The second-order valence-electron chi connectivity index (χ2n) is 8.90. The third kappa shape index (κ3) is 5.28. The lowest BCUT2D eigenvalue weighted by Crippen LogP contribution is -2.24. The highest BCUT2D eigenvalue weighted by Crippen LogP contribution is 2.34. The minimum Gasteiger partial charge on any atom is -0.489 e. The van der Waals surface area contributed by atoms with E-state index in [1.807, 2.05) is 33.0 Å². The van der Waals surface area contributed by atoms with Gasteiger partial charge in [0.2, 0.25) is 5.91 Å². The molecule has 0 aliphatic carbocycles. The van der Waals surface area contributed by atoms with Crippen molar-refractivity contribution < 1.29 is 22.3 Å². The van der Waals surface area contributed by atoms with Crippen LogP contribution in [0.3, 0.4) is 0 Å². The van der Waals surface area contributed by atoms with Crippen molar-refractivity contribution in [3.05, 3.63) is 77.5 Å².